The summed E-state index contributed by atoms with van der Waals surface area (Å²) in [7, 11) is -0.404. The number of aromatic nitrogens is 2. The van der Waals surface area contributed by atoms with Gasteiger partial charge in [0.2, 0.25) is 0 Å². The highest BCUT2D eigenvalue weighted by atomic mass is 16.7. The Balaban J connectivity index is 1.62. The molecule has 1 atom stereocenters. The van der Waals surface area contributed by atoms with Gasteiger partial charge in [-0.05, 0) is 57.0 Å². The lowest BCUT2D eigenvalue weighted by molar-refractivity contribution is 0.00578. The predicted octanol–water partition coefficient (Wildman–Crippen LogP) is 4.39. The van der Waals surface area contributed by atoms with E-state index < -0.39 is 18.8 Å². The van der Waals surface area contributed by atoms with Crippen LogP contribution >= 0.6 is 0 Å². The molecule has 2 aliphatic heterocycles. The average Bonchev–Trinajstić information content (AvgIpc) is 3.38. The molecule has 7 nitrogen and oxygen atoms in total. The molecular formula is C24H34BN3O4. The molecule has 172 valence electrons. The number of carboxylic acid groups (broad SMARTS) is 1. The molecule has 32 heavy (non-hydrogen) atoms. The second-order valence-corrected chi connectivity index (χ2v) is 11.0. The largest absolute Gasteiger partial charge is 0.494 e. The number of nitrogens with one attached hydrogen (secondary N) is 1. The van der Waals surface area contributed by atoms with Gasteiger partial charge in [0.05, 0.1) is 23.1 Å². The summed E-state index contributed by atoms with van der Waals surface area (Å²) in [5.74, 6) is 0.704. The molecule has 2 aromatic rings. The molecule has 2 N–H and O–H groups in total. The minimum absolute atomic E-state index is 0.308. The molecule has 0 radical (unpaired) electrons. The van der Waals surface area contributed by atoms with Gasteiger partial charge in [-0.1, -0.05) is 45.0 Å². The molecule has 1 amide bonds. The fourth-order valence-electron chi connectivity index (χ4n) is 4.94. The maximum atomic E-state index is 12.0. The number of aromatic amines is 1. The first-order valence-electron chi connectivity index (χ1n) is 11.3. The number of rotatable bonds is 3. The number of likely N-dealkylation sites (tertiary alicyclic amines) is 1. The molecule has 0 aliphatic carbocycles. The number of nitrogens with zero attached hydrogens (tertiary/aromatic N) is 2. The van der Waals surface area contributed by atoms with E-state index in [-0.39, 0.29) is 16.6 Å². The summed E-state index contributed by atoms with van der Waals surface area (Å²) in [6.45, 7) is 14.9. The van der Waals surface area contributed by atoms with E-state index in [0.717, 1.165) is 29.6 Å². The van der Waals surface area contributed by atoms with Crippen molar-refractivity contribution < 1.29 is 19.2 Å². The van der Waals surface area contributed by atoms with Gasteiger partial charge in [0.1, 0.15) is 11.4 Å². The van der Waals surface area contributed by atoms with Crippen molar-refractivity contribution in [1.82, 2.24) is 14.9 Å². The van der Waals surface area contributed by atoms with E-state index in [1.165, 1.54) is 0 Å². The monoisotopic (exact) mass is 439 g/mol. The van der Waals surface area contributed by atoms with E-state index in [1.54, 1.807) is 11.1 Å². The van der Waals surface area contributed by atoms with Crippen molar-refractivity contribution in [2.75, 3.05) is 6.54 Å². The molecule has 0 spiro atoms. The van der Waals surface area contributed by atoms with Gasteiger partial charge < -0.3 is 19.4 Å². The van der Waals surface area contributed by atoms with E-state index >= 15 is 0 Å². The highest BCUT2D eigenvalue weighted by molar-refractivity contribution is 6.62. The van der Waals surface area contributed by atoms with Crippen molar-refractivity contribution in [2.24, 2.45) is 5.41 Å². The van der Waals surface area contributed by atoms with E-state index in [9.17, 15) is 9.90 Å². The fraction of sp³-hybridized carbons (Fsp3) is 0.583. The molecule has 2 saturated heterocycles. The van der Waals surface area contributed by atoms with E-state index in [0.29, 0.717) is 12.4 Å². The van der Waals surface area contributed by atoms with Crippen molar-refractivity contribution in [2.45, 2.75) is 78.0 Å². The summed E-state index contributed by atoms with van der Waals surface area (Å²) < 4.78 is 12.3. The van der Waals surface area contributed by atoms with Gasteiger partial charge in [-0.25, -0.2) is 9.78 Å². The summed E-state index contributed by atoms with van der Waals surface area (Å²) in [6.07, 6.45) is 2.46. The van der Waals surface area contributed by atoms with Crippen LogP contribution in [0.1, 0.15) is 67.1 Å². The molecule has 1 aromatic carbocycles. The molecule has 3 heterocycles. The van der Waals surface area contributed by atoms with E-state index in [2.05, 4.69) is 30.7 Å². The summed E-state index contributed by atoms with van der Waals surface area (Å²) in [4.78, 5) is 21.7. The third kappa shape index (κ3) is 3.44. The van der Waals surface area contributed by atoms with Gasteiger partial charge >= 0.3 is 13.2 Å². The quantitative estimate of drug-likeness (QED) is 0.693. The summed E-state index contributed by atoms with van der Waals surface area (Å²) in [5, 5.41) is 9.87. The third-order valence-corrected chi connectivity index (χ3v) is 7.57. The van der Waals surface area contributed by atoms with Crippen LogP contribution in [0.5, 0.6) is 0 Å². The van der Waals surface area contributed by atoms with Crippen LogP contribution < -0.4 is 5.46 Å². The van der Waals surface area contributed by atoms with Crippen molar-refractivity contribution >= 4 is 18.7 Å². The number of hydrogen-bond donors (Lipinski definition) is 2. The molecular weight excluding hydrogens is 405 g/mol. The number of benzene rings is 1. The van der Waals surface area contributed by atoms with Gasteiger partial charge in [-0.2, -0.15) is 0 Å². The lowest BCUT2D eigenvalue weighted by Gasteiger charge is -2.45. The first kappa shape index (κ1) is 22.9. The maximum Gasteiger partial charge on any atom is 0.494 e. The van der Waals surface area contributed by atoms with Gasteiger partial charge in [-0.3, -0.25) is 4.90 Å². The summed E-state index contributed by atoms with van der Waals surface area (Å²) in [5.41, 5.74) is 1.05. The maximum absolute atomic E-state index is 12.0. The van der Waals surface area contributed by atoms with Gasteiger partial charge in [0.25, 0.3) is 0 Å². The topological polar surface area (TPSA) is 87.7 Å². The molecule has 2 fully saturated rings. The van der Waals surface area contributed by atoms with Crippen molar-refractivity contribution in [3.8, 4) is 11.3 Å². The Kier molecular flexibility index (Phi) is 5.25. The Bertz CT molecular complexity index is 993. The molecule has 4 rings (SSSR count). The highest BCUT2D eigenvalue weighted by Gasteiger charge is 2.55. The third-order valence-electron chi connectivity index (χ3n) is 7.57. The Morgan fingerprint density at radius 2 is 1.72 bits per heavy atom. The number of amides is 1. The SMILES string of the molecule is CC1(C)OB(c2ccc(-c3cnc([C@@]4(C(C)(C)C)CCCN4C(=O)O)[nH]3)cc2)OC1(C)C. The zero-order valence-corrected chi connectivity index (χ0v) is 20.2. The number of imidazole rings is 1. The second kappa shape index (κ2) is 7.35. The van der Waals surface area contributed by atoms with Crippen LogP contribution in [0.2, 0.25) is 0 Å². The van der Waals surface area contributed by atoms with Crippen molar-refractivity contribution in [3.63, 3.8) is 0 Å². The number of H-pyrrole nitrogens is 1. The first-order chi connectivity index (χ1) is 14.8. The van der Waals surface area contributed by atoms with Crippen LogP contribution in [0.3, 0.4) is 0 Å². The molecule has 0 unspecified atom stereocenters. The molecule has 1 aromatic heterocycles. The van der Waals surface area contributed by atoms with Crippen LogP contribution in [0.4, 0.5) is 4.79 Å². The van der Waals surface area contributed by atoms with Crippen LogP contribution in [0.25, 0.3) is 11.3 Å². The lowest BCUT2D eigenvalue weighted by atomic mass is 9.71. The molecule has 8 heteroatoms. The Labute approximate surface area is 190 Å². The van der Waals surface area contributed by atoms with Gasteiger partial charge in [0, 0.05) is 6.54 Å². The zero-order chi connectivity index (χ0) is 23.5. The van der Waals surface area contributed by atoms with Crippen LogP contribution in [0.15, 0.2) is 30.5 Å². The number of carbonyl (C=O) groups is 1. The van der Waals surface area contributed by atoms with Crippen LogP contribution in [0, 0.1) is 5.41 Å². The van der Waals surface area contributed by atoms with Crippen molar-refractivity contribution in [3.05, 3.63) is 36.3 Å². The summed E-state index contributed by atoms with van der Waals surface area (Å²) in [6, 6.07) is 8.06. The second-order valence-electron chi connectivity index (χ2n) is 11.0. The van der Waals surface area contributed by atoms with E-state index in [1.807, 2.05) is 52.0 Å². The Hall–Kier alpha value is -2.32. The summed E-state index contributed by atoms with van der Waals surface area (Å²) >= 11 is 0. The number of hydrogen-bond acceptors (Lipinski definition) is 4. The Morgan fingerprint density at radius 3 is 2.25 bits per heavy atom. The molecule has 0 bridgehead atoms. The predicted molar refractivity (Wildman–Crippen MR) is 125 cm³/mol. The minimum atomic E-state index is -0.901. The minimum Gasteiger partial charge on any atom is -0.465 e. The Morgan fingerprint density at radius 1 is 1.12 bits per heavy atom. The average molecular weight is 439 g/mol. The smallest absolute Gasteiger partial charge is 0.465 e. The first-order valence-corrected chi connectivity index (χ1v) is 11.3. The van der Waals surface area contributed by atoms with Gasteiger partial charge in [0.15, 0.2) is 0 Å². The van der Waals surface area contributed by atoms with Crippen LogP contribution in [-0.2, 0) is 14.8 Å². The lowest BCUT2D eigenvalue weighted by Crippen LogP contribution is -2.53. The van der Waals surface area contributed by atoms with Crippen molar-refractivity contribution in [1.29, 1.82) is 0 Å². The zero-order valence-electron chi connectivity index (χ0n) is 20.2. The van der Waals surface area contributed by atoms with Crippen LogP contribution in [-0.4, -0.2) is 50.9 Å². The normalized spacial score (nSPS) is 24.8. The highest BCUT2D eigenvalue weighted by Crippen LogP contribution is 2.50. The molecule has 2 aliphatic rings. The fourth-order valence-corrected chi connectivity index (χ4v) is 4.94. The molecule has 0 saturated carbocycles. The van der Waals surface area contributed by atoms with E-state index in [4.69, 9.17) is 9.31 Å². The standard InChI is InChI=1S/C24H34BN3O4/c1-21(2,3)24(13-8-14-28(24)20(29)30)19-26-15-18(27-19)16-9-11-17(12-10-16)25-31-22(4,5)23(6,7)32-25/h9-12,15H,8,13-14H2,1-7H3,(H,26,27)(H,29,30)/t24-/m1/s1. The van der Waals surface area contributed by atoms with Gasteiger partial charge in [-0.15, -0.1) is 0 Å².